The fraction of sp³-hybridized carbons (Fsp3) is 0.286. The molecule has 0 spiro atoms. The van der Waals surface area contributed by atoms with Gasteiger partial charge in [-0.15, -0.1) is 0 Å². The first-order chi connectivity index (χ1) is 9.29. The second kappa shape index (κ2) is 5.30. The number of nitrogens with two attached hydrogens (primary N) is 1. The van der Waals surface area contributed by atoms with Crippen LogP contribution in [0.15, 0.2) is 39.6 Å². The molecular formula is C14H18N2O3S. The molecule has 1 atom stereocenters. The molecule has 0 fully saturated rings. The van der Waals surface area contributed by atoms with E-state index in [1.807, 2.05) is 32.0 Å². The van der Waals surface area contributed by atoms with Crippen molar-refractivity contribution >= 4 is 15.7 Å². The van der Waals surface area contributed by atoms with Crippen molar-refractivity contribution in [3.8, 4) is 0 Å². The fourth-order valence-corrected chi connectivity index (χ4v) is 2.87. The van der Waals surface area contributed by atoms with Crippen molar-refractivity contribution in [3.05, 3.63) is 47.4 Å². The van der Waals surface area contributed by atoms with Crippen molar-refractivity contribution in [1.29, 1.82) is 0 Å². The number of hydrogen-bond acceptors (Lipinski definition) is 4. The molecule has 1 unspecified atom stereocenters. The van der Waals surface area contributed by atoms with Crippen LogP contribution in [0, 0.1) is 13.8 Å². The molecule has 2 rings (SSSR count). The first kappa shape index (κ1) is 14.6. The molecule has 2 aromatic rings. The molecule has 0 bridgehead atoms. The average Bonchev–Trinajstić information content (AvgIpc) is 2.77. The van der Waals surface area contributed by atoms with E-state index in [0.29, 0.717) is 5.56 Å². The molecule has 3 N–H and O–H groups in total. The third-order valence-corrected chi connectivity index (χ3v) is 4.21. The van der Waals surface area contributed by atoms with Gasteiger partial charge in [-0.2, -0.15) is 0 Å². The smallest absolute Gasteiger partial charge is 0.238 e. The monoisotopic (exact) mass is 294 g/mol. The summed E-state index contributed by atoms with van der Waals surface area (Å²) in [6.45, 7) is 5.55. The maximum Gasteiger partial charge on any atom is 0.238 e. The molecule has 0 aliphatic rings. The van der Waals surface area contributed by atoms with Gasteiger partial charge in [-0.3, -0.25) is 0 Å². The lowest BCUT2D eigenvalue weighted by molar-refractivity contribution is 0.467. The summed E-state index contributed by atoms with van der Waals surface area (Å²) in [5, 5.41) is 8.44. The number of nitrogens with one attached hydrogen (secondary N) is 1. The van der Waals surface area contributed by atoms with Gasteiger partial charge in [0.25, 0.3) is 0 Å². The number of primary sulfonamides is 1. The van der Waals surface area contributed by atoms with Crippen LogP contribution >= 0.6 is 0 Å². The van der Waals surface area contributed by atoms with E-state index in [-0.39, 0.29) is 10.9 Å². The van der Waals surface area contributed by atoms with E-state index in [1.165, 1.54) is 6.07 Å². The molecular weight excluding hydrogens is 276 g/mol. The highest BCUT2D eigenvalue weighted by Crippen LogP contribution is 2.26. The Labute approximate surface area is 118 Å². The van der Waals surface area contributed by atoms with Crippen molar-refractivity contribution in [1.82, 2.24) is 0 Å². The minimum atomic E-state index is -3.72. The molecule has 20 heavy (non-hydrogen) atoms. The third-order valence-electron chi connectivity index (χ3n) is 3.15. The SMILES string of the molecule is Cc1ccc(C(C)Nc2cccc(S(N)(=O)=O)c2C)o1. The predicted octanol–water partition coefficient (Wildman–Crippen LogP) is 2.72. The maximum atomic E-state index is 11.5. The lowest BCUT2D eigenvalue weighted by Crippen LogP contribution is -2.15. The van der Waals surface area contributed by atoms with Gasteiger partial charge in [-0.1, -0.05) is 6.07 Å². The van der Waals surface area contributed by atoms with Crippen LogP contribution in [0.2, 0.25) is 0 Å². The van der Waals surface area contributed by atoms with E-state index in [2.05, 4.69) is 5.32 Å². The predicted molar refractivity (Wildman–Crippen MR) is 78.0 cm³/mol. The average molecular weight is 294 g/mol. The Kier molecular flexibility index (Phi) is 3.87. The summed E-state index contributed by atoms with van der Waals surface area (Å²) in [4.78, 5) is 0.130. The summed E-state index contributed by atoms with van der Waals surface area (Å²) >= 11 is 0. The Bertz CT molecular complexity index is 720. The Balaban J connectivity index is 2.31. The summed E-state index contributed by atoms with van der Waals surface area (Å²) in [6, 6.07) is 8.69. The first-order valence-corrected chi connectivity index (χ1v) is 7.79. The third kappa shape index (κ3) is 3.02. The molecule has 6 heteroatoms. The molecule has 0 aliphatic heterocycles. The summed E-state index contributed by atoms with van der Waals surface area (Å²) < 4.78 is 28.5. The largest absolute Gasteiger partial charge is 0.464 e. The minimum absolute atomic E-state index is 0.0712. The number of anilines is 1. The zero-order chi connectivity index (χ0) is 14.9. The molecule has 1 aromatic carbocycles. The van der Waals surface area contributed by atoms with Crippen LogP contribution in [0.4, 0.5) is 5.69 Å². The fourth-order valence-electron chi connectivity index (χ4n) is 2.07. The van der Waals surface area contributed by atoms with Gasteiger partial charge in [-0.25, -0.2) is 13.6 Å². The Morgan fingerprint density at radius 2 is 1.90 bits per heavy atom. The molecule has 1 aromatic heterocycles. The Morgan fingerprint density at radius 1 is 1.20 bits per heavy atom. The van der Waals surface area contributed by atoms with Crippen LogP contribution in [0.1, 0.15) is 30.0 Å². The zero-order valence-electron chi connectivity index (χ0n) is 11.7. The standard InChI is InChI=1S/C14H18N2O3S/c1-9-7-8-13(19-9)11(3)16-12-5-4-6-14(10(12)2)20(15,17)18/h4-8,11,16H,1-3H3,(H2,15,17,18). The number of benzene rings is 1. The maximum absolute atomic E-state index is 11.5. The quantitative estimate of drug-likeness (QED) is 0.908. The van der Waals surface area contributed by atoms with Gasteiger partial charge in [0.1, 0.15) is 11.5 Å². The van der Waals surface area contributed by atoms with Crippen LogP contribution < -0.4 is 10.5 Å². The highest BCUT2D eigenvalue weighted by atomic mass is 32.2. The van der Waals surface area contributed by atoms with Gasteiger partial charge in [0.15, 0.2) is 0 Å². The van der Waals surface area contributed by atoms with Crippen LogP contribution in [-0.2, 0) is 10.0 Å². The highest BCUT2D eigenvalue weighted by Gasteiger charge is 2.16. The minimum Gasteiger partial charge on any atom is -0.464 e. The van der Waals surface area contributed by atoms with Crippen LogP contribution in [-0.4, -0.2) is 8.42 Å². The summed E-state index contributed by atoms with van der Waals surface area (Å²) in [6.07, 6.45) is 0. The summed E-state index contributed by atoms with van der Waals surface area (Å²) in [5.74, 6) is 1.63. The van der Waals surface area contributed by atoms with Crippen molar-refractivity contribution in [2.75, 3.05) is 5.32 Å². The van der Waals surface area contributed by atoms with Gasteiger partial charge < -0.3 is 9.73 Å². The number of aryl methyl sites for hydroxylation is 1. The normalized spacial score (nSPS) is 13.2. The molecule has 5 nitrogen and oxygen atoms in total. The van der Waals surface area contributed by atoms with Gasteiger partial charge in [0.05, 0.1) is 10.9 Å². The second-order valence-electron chi connectivity index (χ2n) is 4.79. The van der Waals surface area contributed by atoms with Crippen LogP contribution in [0.3, 0.4) is 0 Å². The van der Waals surface area contributed by atoms with Gasteiger partial charge in [0.2, 0.25) is 10.0 Å². The Hall–Kier alpha value is -1.79. The topological polar surface area (TPSA) is 85.3 Å². The van der Waals surface area contributed by atoms with E-state index in [0.717, 1.165) is 17.2 Å². The van der Waals surface area contributed by atoms with Crippen LogP contribution in [0.25, 0.3) is 0 Å². The van der Waals surface area contributed by atoms with E-state index >= 15 is 0 Å². The van der Waals surface area contributed by atoms with E-state index < -0.39 is 10.0 Å². The van der Waals surface area contributed by atoms with E-state index in [4.69, 9.17) is 9.56 Å². The molecule has 0 saturated heterocycles. The molecule has 0 aliphatic carbocycles. The van der Waals surface area contributed by atoms with Crippen LogP contribution in [0.5, 0.6) is 0 Å². The lowest BCUT2D eigenvalue weighted by atomic mass is 10.1. The highest BCUT2D eigenvalue weighted by molar-refractivity contribution is 7.89. The van der Waals surface area contributed by atoms with E-state index in [9.17, 15) is 8.42 Å². The van der Waals surface area contributed by atoms with Crippen molar-refractivity contribution in [2.24, 2.45) is 5.14 Å². The number of rotatable bonds is 4. The van der Waals surface area contributed by atoms with Crippen molar-refractivity contribution in [2.45, 2.75) is 31.7 Å². The molecule has 0 saturated carbocycles. The molecule has 0 radical (unpaired) electrons. The van der Waals surface area contributed by atoms with E-state index in [1.54, 1.807) is 13.0 Å². The summed E-state index contributed by atoms with van der Waals surface area (Å²) in [7, 11) is -3.72. The van der Waals surface area contributed by atoms with Gasteiger partial charge in [-0.05, 0) is 50.6 Å². The number of sulfonamides is 1. The van der Waals surface area contributed by atoms with Crippen molar-refractivity contribution in [3.63, 3.8) is 0 Å². The van der Waals surface area contributed by atoms with Gasteiger partial charge in [0, 0.05) is 5.69 Å². The number of furan rings is 1. The van der Waals surface area contributed by atoms with Gasteiger partial charge >= 0.3 is 0 Å². The zero-order valence-corrected chi connectivity index (χ0v) is 12.5. The Morgan fingerprint density at radius 3 is 2.45 bits per heavy atom. The lowest BCUT2D eigenvalue weighted by Gasteiger charge is -2.16. The molecule has 0 amide bonds. The van der Waals surface area contributed by atoms with Crippen molar-refractivity contribution < 1.29 is 12.8 Å². The first-order valence-electron chi connectivity index (χ1n) is 6.24. The molecule has 1 heterocycles. The number of hydrogen-bond donors (Lipinski definition) is 2. The summed E-state index contributed by atoms with van der Waals surface area (Å²) in [5.41, 5.74) is 1.32. The second-order valence-corrected chi connectivity index (χ2v) is 6.32. The molecule has 108 valence electrons.